The van der Waals surface area contributed by atoms with E-state index >= 15 is 0 Å². The van der Waals surface area contributed by atoms with Gasteiger partial charge in [0.05, 0.1) is 0 Å². The number of likely N-dealkylation sites (N-methyl/N-ethyl adjacent to an activating group) is 1. The number of aromatic nitrogens is 1. The summed E-state index contributed by atoms with van der Waals surface area (Å²) >= 11 is 0. The first-order valence-corrected chi connectivity index (χ1v) is 11.3. The second-order valence-electron chi connectivity index (χ2n) is 9.24. The van der Waals surface area contributed by atoms with Crippen molar-refractivity contribution in [3.8, 4) is 0 Å². The van der Waals surface area contributed by atoms with Gasteiger partial charge >= 0.3 is 0 Å². The van der Waals surface area contributed by atoms with E-state index in [1.54, 1.807) is 0 Å². The fourth-order valence-electron chi connectivity index (χ4n) is 3.68. The van der Waals surface area contributed by atoms with Gasteiger partial charge in [0.2, 0.25) is 0 Å². The molecule has 3 heteroatoms. The Labute approximate surface area is 173 Å². The van der Waals surface area contributed by atoms with Gasteiger partial charge in [-0.15, -0.1) is 0 Å². The van der Waals surface area contributed by atoms with Crippen molar-refractivity contribution in [3.05, 3.63) is 36.0 Å². The molecular formula is C25H43N3. The quantitative estimate of drug-likeness (QED) is 0.449. The molecule has 0 bridgehead atoms. The molecule has 0 saturated heterocycles. The Bertz CT molecular complexity index is 686. The van der Waals surface area contributed by atoms with Crippen LogP contribution in [0.25, 0.3) is 10.9 Å². The maximum absolute atomic E-state index is 2.71. The van der Waals surface area contributed by atoms with Gasteiger partial charge < -0.3 is 14.4 Å². The maximum atomic E-state index is 2.71. The highest BCUT2D eigenvalue weighted by atomic mass is 15.1. The first kappa shape index (κ1) is 23.0. The van der Waals surface area contributed by atoms with Crippen LogP contribution in [-0.4, -0.2) is 54.6 Å². The highest BCUT2D eigenvalue weighted by molar-refractivity contribution is 5.84. The Kier molecular flexibility index (Phi) is 9.53. The second kappa shape index (κ2) is 11.6. The molecule has 1 aromatic carbocycles. The van der Waals surface area contributed by atoms with E-state index in [4.69, 9.17) is 0 Å². The molecule has 2 aromatic rings. The predicted octanol–water partition coefficient (Wildman–Crippen LogP) is 5.53. The van der Waals surface area contributed by atoms with E-state index in [2.05, 4.69) is 86.6 Å². The molecule has 1 atom stereocenters. The lowest BCUT2D eigenvalue weighted by Gasteiger charge is -2.24. The smallest absolute Gasteiger partial charge is 0.0483 e. The van der Waals surface area contributed by atoms with Crippen molar-refractivity contribution >= 4 is 10.9 Å². The normalized spacial score (nSPS) is 13.3. The van der Waals surface area contributed by atoms with E-state index in [0.717, 1.165) is 31.3 Å². The number of fused-ring (bicyclic) bond motifs is 1. The summed E-state index contributed by atoms with van der Waals surface area (Å²) < 4.78 is 2.45. The molecular weight excluding hydrogens is 342 g/mol. The minimum Gasteiger partial charge on any atom is -0.346 e. The molecule has 0 spiro atoms. The van der Waals surface area contributed by atoms with Crippen LogP contribution in [0.1, 0.15) is 52.5 Å². The SMILES string of the molecule is CCC(C)CCN(CCc1cn(CCN(C)C)c2ccccc12)CCC(C)C. The van der Waals surface area contributed by atoms with Crippen LogP contribution < -0.4 is 0 Å². The Morgan fingerprint density at radius 1 is 0.929 bits per heavy atom. The molecule has 158 valence electrons. The molecule has 0 amide bonds. The molecule has 0 fully saturated rings. The van der Waals surface area contributed by atoms with Crippen molar-refractivity contribution in [2.24, 2.45) is 11.8 Å². The van der Waals surface area contributed by atoms with Gasteiger partial charge in [0, 0.05) is 36.7 Å². The zero-order chi connectivity index (χ0) is 20.5. The van der Waals surface area contributed by atoms with Gasteiger partial charge in [-0.2, -0.15) is 0 Å². The lowest BCUT2D eigenvalue weighted by Crippen LogP contribution is -2.30. The third kappa shape index (κ3) is 7.25. The van der Waals surface area contributed by atoms with Gasteiger partial charge in [0.1, 0.15) is 0 Å². The molecule has 28 heavy (non-hydrogen) atoms. The minimum atomic E-state index is 0.777. The standard InChI is InChI=1S/C25H43N3/c1-7-22(4)13-16-27(15-12-21(2)3)17-14-23-20-28(19-18-26(5)6)25-11-9-8-10-24(23)25/h8-11,20-22H,7,12-19H2,1-6H3. The van der Waals surface area contributed by atoms with E-state index in [1.807, 2.05) is 0 Å². The summed E-state index contributed by atoms with van der Waals surface area (Å²) in [6.07, 6.45) is 7.46. The van der Waals surface area contributed by atoms with Gasteiger partial charge in [-0.3, -0.25) is 0 Å². The molecule has 0 N–H and O–H groups in total. The molecule has 1 aromatic heterocycles. The number of para-hydroxylation sites is 1. The van der Waals surface area contributed by atoms with Crippen LogP contribution >= 0.6 is 0 Å². The lowest BCUT2D eigenvalue weighted by molar-refractivity contribution is 0.242. The van der Waals surface area contributed by atoms with Crippen molar-refractivity contribution in [2.75, 3.05) is 40.3 Å². The van der Waals surface area contributed by atoms with Crippen molar-refractivity contribution in [3.63, 3.8) is 0 Å². The molecule has 0 radical (unpaired) electrons. The summed E-state index contributed by atoms with van der Waals surface area (Å²) in [6, 6.07) is 8.92. The molecule has 3 nitrogen and oxygen atoms in total. The fourth-order valence-corrected chi connectivity index (χ4v) is 3.68. The Morgan fingerprint density at radius 2 is 1.64 bits per heavy atom. The number of rotatable bonds is 13. The van der Waals surface area contributed by atoms with Crippen LogP contribution in [0.15, 0.2) is 30.5 Å². The molecule has 0 aliphatic heterocycles. The second-order valence-corrected chi connectivity index (χ2v) is 9.24. The third-order valence-corrected chi connectivity index (χ3v) is 6.01. The molecule has 1 unspecified atom stereocenters. The van der Waals surface area contributed by atoms with Crippen LogP contribution in [0.3, 0.4) is 0 Å². The zero-order valence-corrected chi connectivity index (χ0v) is 19.2. The summed E-state index contributed by atoms with van der Waals surface area (Å²) in [5.41, 5.74) is 2.89. The summed E-state index contributed by atoms with van der Waals surface area (Å²) in [6.45, 7) is 15.1. The minimum absolute atomic E-state index is 0.777. The summed E-state index contributed by atoms with van der Waals surface area (Å²) in [5, 5.41) is 1.44. The number of benzene rings is 1. The highest BCUT2D eigenvalue weighted by Gasteiger charge is 2.12. The first-order chi connectivity index (χ1) is 13.4. The number of hydrogen-bond acceptors (Lipinski definition) is 2. The molecule has 1 heterocycles. The highest BCUT2D eigenvalue weighted by Crippen LogP contribution is 2.22. The van der Waals surface area contributed by atoms with E-state index in [1.165, 1.54) is 55.4 Å². The van der Waals surface area contributed by atoms with Gasteiger partial charge in [-0.1, -0.05) is 52.3 Å². The van der Waals surface area contributed by atoms with Crippen LogP contribution in [0.2, 0.25) is 0 Å². The van der Waals surface area contributed by atoms with E-state index < -0.39 is 0 Å². The van der Waals surface area contributed by atoms with Crippen LogP contribution in [0, 0.1) is 11.8 Å². The Morgan fingerprint density at radius 3 is 2.32 bits per heavy atom. The van der Waals surface area contributed by atoms with E-state index in [9.17, 15) is 0 Å². The van der Waals surface area contributed by atoms with Crippen LogP contribution in [0.4, 0.5) is 0 Å². The predicted molar refractivity (Wildman–Crippen MR) is 124 cm³/mol. The lowest BCUT2D eigenvalue weighted by atomic mass is 10.0. The van der Waals surface area contributed by atoms with Gasteiger partial charge in [-0.25, -0.2) is 0 Å². The van der Waals surface area contributed by atoms with Gasteiger partial charge in [0.15, 0.2) is 0 Å². The van der Waals surface area contributed by atoms with Gasteiger partial charge in [-0.05, 0) is 69.9 Å². The third-order valence-electron chi connectivity index (χ3n) is 6.01. The van der Waals surface area contributed by atoms with Crippen molar-refractivity contribution < 1.29 is 0 Å². The van der Waals surface area contributed by atoms with Crippen molar-refractivity contribution in [1.29, 1.82) is 0 Å². The monoisotopic (exact) mass is 385 g/mol. The Hall–Kier alpha value is -1.32. The van der Waals surface area contributed by atoms with Gasteiger partial charge in [0.25, 0.3) is 0 Å². The van der Waals surface area contributed by atoms with E-state index in [-0.39, 0.29) is 0 Å². The molecule has 0 aliphatic carbocycles. The number of hydrogen-bond donors (Lipinski definition) is 0. The average molecular weight is 386 g/mol. The van der Waals surface area contributed by atoms with Crippen molar-refractivity contribution in [1.82, 2.24) is 14.4 Å². The summed E-state index contributed by atoms with van der Waals surface area (Å²) in [4.78, 5) is 4.97. The molecule has 0 saturated carbocycles. The maximum Gasteiger partial charge on any atom is 0.0483 e. The van der Waals surface area contributed by atoms with Crippen molar-refractivity contribution in [2.45, 2.75) is 59.9 Å². The largest absolute Gasteiger partial charge is 0.346 e. The summed E-state index contributed by atoms with van der Waals surface area (Å²) in [7, 11) is 4.30. The Balaban J connectivity index is 2.07. The topological polar surface area (TPSA) is 11.4 Å². The van der Waals surface area contributed by atoms with Crippen LogP contribution in [0.5, 0.6) is 0 Å². The fraction of sp³-hybridized carbons (Fsp3) is 0.680. The molecule has 2 rings (SSSR count). The van der Waals surface area contributed by atoms with Crippen LogP contribution in [-0.2, 0) is 13.0 Å². The zero-order valence-electron chi connectivity index (χ0n) is 19.2. The summed E-state index contributed by atoms with van der Waals surface area (Å²) in [5.74, 6) is 1.61. The number of nitrogens with zero attached hydrogens (tertiary/aromatic N) is 3. The average Bonchev–Trinajstić information content (AvgIpc) is 3.03. The molecule has 0 aliphatic rings. The van der Waals surface area contributed by atoms with E-state index in [0.29, 0.717) is 0 Å². The first-order valence-electron chi connectivity index (χ1n) is 11.3.